The van der Waals surface area contributed by atoms with E-state index in [1.54, 1.807) is 24.3 Å². The second-order valence-electron chi connectivity index (χ2n) is 8.84. The van der Waals surface area contributed by atoms with Gasteiger partial charge in [-0.15, -0.1) is 0 Å². The van der Waals surface area contributed by atoms with Gasteiger partial charge in [0.15, 0.2) is 6.61 Å². The van der Waals surface area contributed by atoms with E-state index in [1.807, 2.05) is 13.8 Å². The molecule has 2 amide bonds. The molecule has 1 atom stereocenters. The highest BCUT2D eigenvalue weighted by Crippen LogP contribution is 2.52. The van der Waals surface area contributed by atoms with Crippen LogP contribution in [0.2, 0.25) is 5.02 Å². The normalized spacial score (nSPS) is 23.4. The number of ether oxygens (including phenoxy) is 2. The predicted octanol–water partition coefficient (Wildman–Crippen LogP) is 4.11. The molecule has 0 unspecified atom stereocenters. The van der Waals surface area contributed by atoms with Crippen LogP contribution in [0.15, 0.2) is 42.5 Å². The van der Waals surface area contributed by atoms with E-state index in [9.17, 15) is 14.0 Å². The number of amides is 2. The minimum absolute atomic E-state index is 0.000267. The van der Waals surface area contributed by atoms with E-state index in [2.05, 4.69) is 10.6 Å². The second kappa shape index (κ2) is 8.98. The molecule has 2 bridgehead atoms. The SMILES string of the molecule is CC(C)Oc1ccc(C(=O)NC23CC(C2)[C@@H](NC(=O)COc2ccc(Cl)c(F)c2)C3)cc1. The smallest absolute Gasteiger partial charge is 0.258 e. The summed E-state index contributed by atoms with van der Waals surface area (Å²) in [6.45, 7) is 3.69. The Morgan fingerprint density at radius 1 is 1.12 bits per heavy atom. The van der Waals surface area contributed by atoms with Gasteiger partial charge in [-0.25, -0.2) is 4.39 Å². The van der Waals surface area contributed by atoms with Gasteiger partial charge in [0, 0.05) is 23.2 Å². The number of benzene rings is 2. The number of rotatable bonds is 8. The molecule has 3 saturated carbocycles. The molecular formula is C24H26ClFN2O4. The van der Waals surface area contributed by atoms with E-state index in [-0.39, 0.29) is 46.9 Å². The summed E-state index contributed by atoms with van der Waals surface area (Å²) in [5.41, 5.74) is 0.294. The summed E-state index contributed by atoms with van der Waals surface area (Å²) in [6, 6.07) is 11.1. The average molecular weight is 461 g/mol. The van der Waals surface area contributed by atoms with E-state index in [4.69, 9.17) is 21.1 Å². The van der Waals surface area contributed by atoms with Crippen LogP contribution in [0, 0.1) is 11.7 Å². The van der Waals surface area contributed by atoms with Gasteiger partial charge >= 0.3 is 0 Å². The quantitative estimate of drug-likeness (QED) is 0.621. The van der Waals surface area contributed by atoms with Crippen molar-refractivity contribution in [1.29, 1.82) is 0 Å². The van der Waals surface area contributed by atoms with Crippen molar-refractivity contribution in [2.45, 2.75) is 50.8 Å². The Bertz CT molecular complexity index is 1010. The maximum absolute atomic E-state index is 13.5. The Morgan fingerprint density at radius 3 is 2.47 bits per heavy atom. The highest BCUT2D eigenvalue weighted by atomic mass is 35.5. The fourth-order valence-electron chi connectivity index (χ4n) is 4.54. The maximum atomic E-state index is 13.5. The molecule has 170 valence electrons. The predicted molar refractivity (Wildman–Crippen MR) is 119 cm³/mol. The Balaban J connectivity index is 1.26. The molecule has 0 heterocycles. The van der Waals surface area contributed by atoms with E-state index >= 15 is 0 Å². The molecular weight excluding hydrogens is 435 g/mol. The van der Waals surface area contributed by atoms with Gasteiger partial charge in [0.05, 0.1) is 11.1 Å². The monoisotopic (exact) mass is 460 g/mol. The van der Waals surface area contributed by atoms with Gasteiger partial charge in [0.2, 0.25) is 0 Å². The number of hydrogen-bond donors (Lipinski definition) is 2. The second-order valence-corrected chi connectivity index (χ2v) is 9.24. The van der Waals surface area contributed by atoms with Gasteiger partial charge in [-0.3, -0.25) is 9.59 Å². The van der Waals surface area contributed by atoms with Crippen LogP contribution in [-0.2, 0) is 4.79 Å². The van der Waals surface area contributed by atoms with Crippen molar-refractivity contribution in [1.82, 2.24) is 10.6 Å². The summed E-state index contributed by atoms with van der Waals surface area (Å²) >= 11 is 5.65. The van der Waals surface area contributed by atoms with Crippen LogP contribution in [0.3, 0.4) is 0 Å². The van der Waals surface area contributed by atoms with Gasteiger partial charge < -0.3 is 20.1 Å². The van der Waals surface area contributed by atoms with Crippen molar-refractivity contribution in [3.8, 4) is 11.5 Å². The van der Waals surface area contributed by atoms with Crippen molar-refractivity contribution in [2.24, 2.45) is 5.92 Å². The standard InChI is InChI=1S/C24H26ClFN2O4/c1-14(2)32-17-5-3-15(4-6-17)23(30)28-24-10-16(11-24)21(12-24)27-22(29)13-31-18-7-8-19(25)20(26)9-18/h3-9,14,16,21H,10-13H2,1-2H3,(H,27,29)(H,28,30)/t16?,21-,24?/m0/s1. The molecule has 2 aromatic carbocycles. The molecule has 0 saturated heterocycles. The molecule has 3 fully saturated rings. The molecule has 6 nitrogen and oxygen atoms in total. The number of nitrogens with one attached hydrogen (secondary N) is 2. The lowest BCUT2D eigenvalue weighted by Gasteiger charge is -2.39. The highest BCUT2D eigenvalue weighted by Gasteiger charge is 2.57. The number of fused-ring (bicyclic) bond motifs is 1. The minimum Gasteiger partial charge on any atom is -0.491 e. The van der Waals surface area contributed by atoms with Crippen LogP contribution in [0.5, 0.6) is 11.5 Å². The average Bonchev–Trinajstić information content (AvgIpc) is 3.22. The van der Waals surface area contributed by atoms with Gasteiger partial charge in [0.25, 0.3) is 11.8 Å². The molecule has 0 radical (unpaired) electrons. The van der Waals surface area contributed by atoms with Crippen LogP contribution in [0.1, 0.15) is 43.5 Å². The molecule has 8 heteroatoms. The Kier molecular flexibility index (Phi) is 6.29. The Labute approximate surface area is 191 Å². The van der Waals surface area contributed by atoms with Gasteiger partial charge in [-0.2, -0.15) is 0 Å². The largest absolute Gasteiger partial charge is 0.491 e. The molecule has 5 rings (SSSR count). The molecule has 32 heavy (non-hydrogen) atoms. The fourth-order valence-corrected chi connectivity index (χ4v) is 4.66. The lowest BCUT2D eigenvalue weighted by atomic mass is 9.76. The summed E-state index contributed by atoms with van der Waals surface area (Å²) in [4.78, 5) is 25.0. The molecule has 0 aliphatic heterocycles. The first-order chi connectivity index (χ1) is 15.2. The van der Waals surface area contributed by atoms with Crippen LogP contribution >= 0.6 is 11.6 Å². The van der Waals surface area contributed by atoms with Crippen molar-refractivity contribution in [3.63, 3.8) is 0 Å². The third-order valence-electron chi connectivity index (χ3n) is 5.96. The fraction of sp³-hybridized carbons (Fsp3) is 0.417. The summed E-state index contributed by atoms with van der Waals surface area (Å²) in [6.07, 6.45) is 2.42. The topological polar surface area (TPSA) is 76.7 Å². The molecule has 0 aromatic heterocycles. The Hall–Kier alpha value is -2.80. The molecule has 3 aliphatic carbocycles. The zero-order valence-corrected chi connectivity index (χ0v) is 18.7. The van der Waals surface area contributed by atoms with Crippen LogP contribution in [-0.4, -0.2) is 36.1 Å². The third-order valence-corrected chi connectivity index (χ3v) is 6.27. The summed E-state index contributed by atoms with van der Waals surface area (Å²) in [5, 5.41) is 6.13. The van der Waals surface area contributed by atoms with E-state index in [0.29, 0.717) is 17.9 Å². The summed E-state index contributed by atoms with van der Waals surface area (Å²) in [5.74, 6) is 0.298. The number of halogens is 2. The van der Waals surface area contributed by atoms with Crippen LogP contribution in [0.4, 0.5) is 4.39 Å². The van der Waals surface area contributed by atoms with Gasteiger partial charge in [-0.05, 0) is 75.4 Å². The Morgan fingerprint density at radius 2 is 1.81 bits per heavy atom. The van der Waals surface area contributed by atoms with Crippen LogP contribution in [0.25, 0.3) is 0 Å². The van der Waals surface area contributed by atoms with Gasteiger partial charge in [-0.1, -0.05) is 11.6 Å². The van der Waals surface area contributed by atoms with E-state index < -0.39 is 5.82 Å². The van der Waals surface area contributed by atoms with Crippen molar-refractivity contribution >= 4 is 23.4 Å². The summed E-state index contributed by atoms with van der Waals surface area (Å²) < 4.78 is 24.4. The van der Waals surface area contributed by atoms with Crippen molar-refractivity contribution < 1.29 is 23.5 Å². The zero-order valence-electron chi connectivity index (χ0n) is 18.0. The zero-order chi connectivity index (χ0) is 22.9. The third kappa shape index (κ3) is 4.99. The lowest BCUT2D eigenvalue weighted by molar-refractivity contribution is -0.124. The van der Waals surface area contributed by atoms with Crippen LogP contribution < -0.4 is 20.1 Å². The minimum atomic E-state index is -0.596. The highest BCUT2D eigenvalue weighted by molar-refractivity contribution is 6.30. The first-order valence-corrected chi connectivity index (χ1v) is 11.1. The molecule has 2 N–H and O–H groups in total. The number of carbonyl (C=O) groups is 2. The number of hydrogen-bond acceptors (Lipinski definition) is 4. The van der Waals surface area contributed by atoms with Crippen molar-refractivity contribution in [3.05, 3.63) is 58.9 Å². The van der Waals surface area contributed by atoms with Crippen molar-refractivity contribution in [2.75, 3.05) is 6.61 Å². The number of carbonyl (C=O) groups excluding carboxylic acids is 2. The van der Waals surface area contributed by atoms with E-state index in [1.165, 1.54) is 12.1 Å². The van der Waals surface area contributed by atoms with Gasteiger partial charge in [0.1, 0.15) is 17.3 Å². The maximum Gasteiger partial charge on any atom is 0.258 e. The van der Waals surface area contributed by atoms with E-state index in [0.717, 1.165) is 24.7 Å². The molecule has 3 aliphatic rings. The first kappa shape index (κ1) is 22.4. The lowest BCUT2D eigenvalue weighted by Crippen LogP contribution is -2.51. The molecule has 0 spiro atoms. The molecule has 2 aromatic rings. The summed E-state index contributed by atoms with van der Waals surface area (Å²) in [7, 11) is 0. The first-order valence-electron chi connectivity index (χ1n) is 10.7.